The van der Waals surface area contributed by atoms with Crippen LogP contribution in [0.2, 0.25) is 0 Å². The maximum atomic E-state index is 12.9. The van der Waals surface area contributed by atoms with Gasteiger partial charge in [0.1, 0.15) is 0 Å². The van der Waals surface area contributed by atoms with Crippen LogP contribution < -0.4 is 5.73 Å². The molecule has 1 aliphatic heterocycles. The number of nitrogen functional groups attached to an aromatic ring is 1. The van der Waals surface area contributed by atoms with E-state index in [1.165, 1.54) is 0 Å². The molecule has 0 bridgehead atoms. The summed E-state index contributed by atoms with van der Waals surface area (Å²) in [7, 11) is -3.46. The van der Waals surface area contributed by atoms with Crippen LogP contribution in [0.1, 0.15) is 39.2 Å². The first-order valence-electron chi connectivity index (χ1n) is 7.28. The van der Waals surface area contributed by atoms with E-state index in [0.717, 1.165) is 18.4 Å². The van der Waals surface area contributed by atoms with Gasteiger partial charge >= 0.3 is 0 Å². The first kappa shape index (κ1) is 15.3. The Morgan fingerprint density at radius 2 is 2.05 bits per heavy atom. The predicted octanol–water partition coefficient (Wildman–Crippen LogP) is 2.64. The summed E-state index contributed by atoms with van der Waals surface area (Å²) in [4.78, 5) is 0.376. The van der Waals surface area contributed by atoms with Gasteiger partial charge in [0.05, 0.1) is 4.90 Å². The molecule has 0 radical (unpaired) electrons. The number of hydrogen-bond acceptors (Lipinski definition) is 3. The van der Waals surface area contributed by atoms with E-state index < -0.39 is 10.0 Å². The fourth-order valence-corrected chi connectivity index (χ4v) is 4.96. The van der Waals surface area contributed by atoms with Crippen LogP contribution in [0.5, 0.6) is 0 Å². The molecule has 0 saturated carbocycles. The van der Waals surface area contributed by atoms with Crippen molar-refractivity contribution in [2.75, 3.05) is 12.3 Å². The van der Waals surface area contributed by atoms with Crippen LogP contribution in [0, 0.1) is 5.92 Å². The van der Waals surface area contributed by atoms with Crippen molar-refractivity contribution in [1.29, 1.82) is 0 Å². The van der Waals surface area contributed by atoms with E-state index in [1.54, 1.807) is 16.4 Å². The summed E-state index contributed by atoms with van der Waals surface area (Å²) >= 11 is 0. The first-order valence-corrected chi connectivity index (χ1v) is 8.72. The third-order valence-electron chi connectivity index (χ3n) is 4.37. The van der Waals surface area contributed by atoms with Gasteiger partial charge in [0.2, 0.25) is 10.0 Å². The van der Waals surface area contributed by atoms with Crippen LogP contribution in [-0.4, -0.2) is 25.3 Å². The molecule has 1 heterocycles. The zero-order chi connectivity index (χ0) is 14.9. The number of aryl methyl sites for hydroxylation is 1. The minimum atomic E-state index is -3.46. The molecule has 0 spiro atoms. The standard InChI is InChI=1S/C15H24N2O2S/c1-4-13-7-8-14(16)10-15(13)20(18,19)17-9-5-6-11(2)12(17)3/h7-8,10-12H,4-6,9,16H2,1-3H3. The molecule has 1 aromatic carbocycles. The summed E-state index contributed by atoms with van der Waals surface area (Å²) in [6, 6.07) is 5.22. The van der Waals surface area contributed by atoms with Gasteiger partial charge in [0.25, 0.3) is 0 Å². The van der Waals surface area contributed by atoms with Gasteiger partial charge in [-0.05, 0) is 49.8 Å². The monoisotopic (exact) mass is 296 g/mol. The van der Waals surface area contributed by atoms with Crippen molar-refractivity contribution >= 4 is 15.7 Å². The smallest absolute Gasteiger partial charge is 0.243 e. The highest BCUT2D eigenvalue weighted by Crippen LogP contribution is 2.31. The lowest BCUT2D eigenvalue weighted by atomic mass is 9.94. The predicted molar refractivity (Wildman–Crippen MR) is 82.0 cm³/mol. The Hall–Kier alpha value is -1.07. The zero-order valence-electron chi connectivity index (χ0n) is 12.5. The van der Waals surface area contributed by atoms with Gasteiger partial charge in [-0.3, -0.25) is 0 Å². The van der Waals surface area contributed by atoms with Crippen LogP contribution in [-0.2, 0) is 16.4 Å². The molecular weight excluding hydrogens is 272 g/mol. The molecule has 2 unspecified atom stereocenters. The summed E-state index contributed by atoms with van der Waals surface area (Å²) < 4.78 is 27.5. The van der Waals surface area contributed by atoms with Gasteiger partial charge in [0.15, 0.2) is 0 Å². The molecule has 5 heteroatoms. The van der Waals surface area contributed by atoms with Crippen LogP contribution >= 0.6 is 0 Å². The maximum Gasteiger partial charge on any atom is 0.243 e. The van der Waals surface area contributed by atoms with Crippen molar-refractivity contribution in [2.24, 2.45) is 5.92 Å². The number of nitrogens with two attached hydrogens (primary N) is 1. The summed E-state index contributed by atoms with van der Waals surface area (Å²) in [5.41, 5.74) is 7.12. The largest absolute Gasteiger partial charge is 0.399 e. The molecule has 112 valence electrons. The van der Waals surface area contributed by atoms with Crippen LogP contribution in [0.15, 0.2) is 23.1 Å². The van der Waals surface area contributed by atoms with Gasteiger partial charge in [0, 0.05) is 18.3 Å². The SMILES string of the molecule is CCc1ccc(N)cc1S(=O)(=O)N1CCCC(C)C1C. The molecular formula is C15H24N2O2S. The molecule has 2 rings (SSSR count). The topological polar surface area (TPSA) is 63.4 Å². The van der Waals surface area contributed by atoms with Crippen LogP contribution in [0.4, 0.5) is 5.69 Å². The van der Waals surface area contributed by atoms with E-state index in [2.05, 4.69) is 6.92 Å². The molecule has 1 saturated heterocycles. The first-order chi connectivity index (χ1) is 9.37. The average molecular weight is 296 g/mol. The Bertz CT molecular complexity index is 584. The number of piperidine rings is 1. The number of anilines is 1. The van der Waals surface area contributed by atoms with Gasteiger partial charge in [-0.2, -0.15) is 4.31 Å². The van der Waals surface area contributed by atoms with E-state index in [4.69, 9.17) is 5.73 Å². The van der Waals surface area contributed by atoms with E-state index >= 15 is 0 Å². The third-order valence-corrected chi connectivity index (χ3v) is 6.44. The Morgan fingerprint density at radius 3 is 2.70 bits per heavy atom. The number of sulfonamides is 1. The van der Waals surface area contributed by atoms with Crippen LogP contribution in [0.3, 0.4) is 0 Å². The molecule has 0 aliphatic carbocycles. The van der Waals surface area contributed by atoms with Crippen molar-refractivity contribution in [3.05, 3.63) is 23.8 Å². The second kappa shape index (κ2) is 5.74. The third kappa shape index (κ3) is 2.69. The van der Waals surface area contributed by atoms with Crippen molar-refractivity contribution in [2.45, 2.75) is 51.0 Å². The molecule has 4 nitrogen and oxygen atoms in total. The second-order valence-electron chi connectivity index (χ2n) is 5.70. The summed E-state index contributed by atoms with van der Waals surface area (Å²) in [5, 5.41) is 0. The van der Waals surface area contributed by atoms with Gasteiger partial charge < -0.3 is 5.73 Å². The average Bonchev–Trinajstić information content (AvgIpc) is 2.41. The fraction of sp³-hybridized carbons (Fsp3) is 0.600. The molecule has 1 fully saturated rings. The Labute approximate surface area is 122 Å². The molecule has 2 N–H and O–H groups in total. The van der Waals surface area contributed by atoms with Crippen molar-refractivity contribution in [1.82, 2.24) is 4.31 Å². The molecule has 1 aliphatic rings. The Balaban J connectivity index is 2.47. The number of rotatable bonds is 3. The number of hydrogen-bond donors (Lipinski definition) is 1. The highest BCUT2D eigenvalue weighted by molar-refractivity contribution is 7.89. The van der Waals surface area contributed by atoms with Crippen molar-refractivity contribution in [3.63, 3.8) is 0 Å². The lowest BCUT2D eigenvalue weighted by Gasteiger charge is -2.37. The van der Waals surface area contributed by atoms with Crippen LogP contribution in [0.25, 0.3) is 0 Å². The molecule has 20 heavy (non-hydrogen) atoms. The Morgan fingerprint density at radius 1 is 1.35 bits per heavy atom. The lowest BCUT2D eigenvalue weighted by molar-refractivity contribution is 0.202. The molecule has 2 atom stereocenters. The molecule has 0 amide bonds. The summed E-state index contributed by atoms with van der Waals surface area (Å²) in [6.07, 6.45) is 2.70. The normalized spacial score (nSPS) is 24.8. The molecule has 1 aromatic rings. The quantitative estimate of drug-likeness (QED) is 0.872. The highest BCUT2D eigenvalue weighted by atomic mass is 32.2. The minimum absolute atomic E-state index is 0.0416. The lowest BCUT2D eigenvalue weighted by Crippen LogP contribution is -2.46. The van der Waals surface area contributed by atoms with E-state index in [-0.39, 0.29) is 6.04 Å². The summed E-state index contributed by atoms with van der Waals surface area (Å²) in [5.74, 6) is 0.393. The highest BCUT2D eigenvalue weighted by Gasteiger charge is 2.35. The number of nitrogens with zero attached hydrogens (tertiary/aromatic N) is 1. The van der Waals surface area contributed by atoms with Gasteiger partial charge in [-0.25, -0.2) is 8.42 Å². The summed E-state index contributed by atoms with van der Waals surface area (Å²) in [6.45, 7) is 6.68. The van der Waals surface area contributed by atoms with E-state index in [9.17, 15) is 8.42 Å². The maximum absolute atomic E-state index is 12.9. The fourth-order valence-electron chi connectivity index (χ4n) is 2.87. The van der Waals surface area contributed by atoms with E-state index in [0.29, 0.717) is 29.5 Å². The van der Waals surface area contributed by atoms with Gasteiger partial charge in [-0.15, -0.1) is 0 Å². The molecule has 0 aromatic heterocycles. The van der Waals surface area contributed by atoms with E-state index in [1.807, 2.05) is 19.9 Å². The Kier molecular flexibility index (Phi) is 4.39. The second-order valence-corrected chi connectivity index (χ2v) is 7.56. The number of benzene rings is 1. The van der Waals surface area contributed by atoms with Crippen molar-refractivity contribution in [3.8, 4) is 0 Å². The minimum Gasteiger partial charge on any atom is -0.399 e. The van der Waals surface area contributed by atoms with Crippen molar-refractivity contribution < 1.29 is 8.42 Å². The zero-order valence-corrected chi connectivity index (χ0v) is 13.3. The van der Waals surface area contributed by atoms with Gasteiger partial charge in [-0.1, -0.05) is 19.9 Å².